The molecule has 0 amide bonds. The Morgan fingerprint density at radius 3 is 2.27 bits per heavy atom. The molecule has 1 nitrogen and oxygen atoms in total. The Kier molecular flexibility index (Phi) is 4.03. The zero-order valence-corrected chi connectivity index (χ0v) is 17.1. The van der Waals surface area contributed by atoms with Gasteiger partial charge in [0.2, 0.25) is 0 Å². The maximum Gasteiger partial charge on any atom is 0.0478 e. The molecule has 30 heavy (non-hydrogen) atoms. The van der Waals surface area contributed by atoms with Crippen molar-refractivity contribution in [2.24, 2.45) is 0 Å². The highest BCUT2D eigenvalue weighted by molar-refractivity contribution is 7.25. The van der Waals surface area contributed by atoms with E-state index in [1.54, 1.807) is 0 Å². The zero-order valence-electron chi connectivity index (χ0n) is 16.3. The van der Waals surface area contributed by atoms with Gasteiger partial charge >= 0.3 is 0 Å². The molecule has 0 spiro atoms. The van der Waals surface area contributed by atoms with Gasteiger partial charge in [0.05, 0.1) is 0 Å². The number of fused-ring (bicyclic) bond motifs is 4. The van der Waals surface area contributed by atoms with E-state index in [2.05, 4.69) is 115 Å². The standard InChI is InChI=1S/C28H19NS/c1-2-8-20-17-22(16-15-19(20)7-1)21-9-5-10-23(18-21)29-25-12-6-14-27-28(25)24-11-3-4-13-26(24)30-27/h1-18,29H. The monoisotopic (exact) mass is 401 g/mol. The van der Waals surface area contributed by atoms with E-state index >= 15 is 0 Å². The summed E-state index contributed by atoms with van der Waals surface area (Å²) in [5.74, 6) is 0. The Balaban J connectivity index is 1.42. The van der Waals surface area contributed by atoms with Crippen molar-refractivity contribution in [1.29, 1.82) is 0 Å². The van der Waals surface area contributed by atoms with Gasteiger partial charge in [0.25, 0.3) is 0 Å². The Labute approximate surface area is 179 Å². The fourth-order valence-electron chi connectivity index (χ4n) is 4.18. The van der Waals surface area contributed by atoms with Crippen LogP contribution in [0.3, 0.4) is 0 Å². The molecule has 6 rings (SSSR count). The summed E-state index contributed by atoms with van der Waals surface area (Å²) in [6.45, 7) is 0. The summed E-state index contributed by atoms with van der Waals surface area (Å²) in [6.07, 6.45) is 0. The van der Waals surface area contributed by atoms with Crippen molar-refractivity contribution in [3.05, 3.63) is 109 Å². The maximum absolute atomic E-state index is 3.68. The Bertz CT molecular complexity index is 1530. The first-order valence-electron chi connectivity index (χ1n) is 10.1. The highest BCUT2D eigenvalue weighted by atomic mass is 32.1. The van der Waals surface area contributed by atoms with Crippen molar-refractivity contribution in [3.63, 3.8) is 0 Å². The van der Waals surface area contributed by atoms with Gasteiger partial charge in [0.1, 0.15) is 0 Å². The van der Waals surface area contributed by atoms with Gasteiger partial charge in [0.15, 0.2) is 0 Å². The molecule has 0 saturated carbocycles. The van der Waals surface area contributed by atoms with Gasteiger partial charge in [-0.05, 0) is 58.3 Å². The normalized spacial score (nSPS) is 11.3. The maximum atomic E-state index is 3.68. The van der Waals surface area contributed by atoms with E-state index in [1.807, 2.05) is 11.3 Å². The molecule has 5 aromatic carbocycles. The van der Waals surface area contributed by atoms with Gasteiger partial charge in [-0.2, -0.15) is 0 Å². The van der Waals surface area contributed by atoms with Crippen LogP contribution in [0.5, 0.6) is 0 Å². The lowest BCUT2D eigenvalue weighted by atomic mass is 10.0. The van der Waals surface area contributed by atoms with Crippen molar-refractivity contribution < 1.29 is 0 Å². The Morgan fingerprint density at radius 2 is 1.30 bits per heavy atom. The first kappa shape index (κ1) is 17.3. The average Bonchev–Trinajstić information content (AvgIpc) is 3.19. The molecule has 0 radical (unpaired) electrons. The molecule has 0 aliphatic heterocycles. The Hall–Kier alpha value is -3.62. The van der Waals surface area contributed by atoms with Gasteiger partial charge in [-0.15, -0.1) is 11.3 Å². The highest BCUT2D eigenvalue weighted by Crippen LogP contribution is 2.39. The fraction of sp³-hybridized carbons (Fsp3) is 0. The first-order valence-corrected chi connectivity index (χ1v) is 10.9. The van der Waals surface area contributed by atoms with E-state index in [4.69, 9.17) is 0 Å². The predicted octanol–water partition coefficient (Wildman–Crippen LogP) is 8.62. The van der Waals surface area contributed by atoms with Crippen molar-refractivity contribution in [1.82, 2.24) is 0 Å². The molecular weight excluding hydrogens is 382 g/mol. The topological polar surface area (TPSA) is 12.0 Å². The lowest BCUT2D eigenvalue weighted by molar-refractivity contribution is 1.57. The summed E-state index contributed by atoms with van der Waals surface area (Å²) in [6, 6.07) is 39.0. The number of rotatable bonds is 3. The van der Waals surface area contributed by atoms with E-state index in [-0.39, 0.29) is 0 Å². The fourth-order valence-corrected chi connectivity index (χ4v) is 5.31. The molecule has 1 aromatic heterocycles. The number of nitrogens with one attached hydrogen (secondary N) is 1. The SMILES string of the molecule is c1cc(Nc2cccc3sc4ccccc4c23)cc(-c2ccc3ccccc3c2)c1. The summed E-state index contributed by atoms with van der Waals surface area (Å²) in [5.41, 5.74) is 4.70. The van der Waals surface area contributed by atoms with Gasteiger partial charge in [-0.3, -0.25) is 0 Å². The van der Waals surface area contributed by atoms with Gasteiger partial charge in [-0.1, -0.05) is 72.8 Å². The van der Waals surface area contributed by atoms with Crippen molar-refractivity contribution in [2.75, 3.05) is 5.32 Å². The lowest BCUT2D eigenvalue weighted by Gasteiger charge is -2.11. The van der Waals surface area contributed by atoms with E-state index in [1.165, 1.54) is 42.1 Å². The lowest BCUT2D eigenvalue weighted by Crippen LogP contribution is -1.91. The Morgan fingerprint density at radius 1 is 0.533 bits per heavy atom. The molecule has 0 unspecified atom stereocenters. The molecule has 0 atom stereocenters. The van der Waals surface area contributed by atoms with Crippen molar-refractivity contribution in [3.8, 4) is 11.1 Å². The first-order chi connectivity index (χ1) is 14.8. The number of anilines is 2. The highest BCUT2D eigenvalue weighted by Gasteiger charge is 2.09. The smallest absolute Gasteiger partial charge is 0.0478 e. The zero-order chi connectivity index (χ0) is 19.9. The summed E-state index contributed by atoms with van der Waals surface area (Å²) in [4.78, 5) is 0. The van der Waals surface area contributed by atoms with E-state index in [9.17, 15) is 0 Å². The summed E-state index contributed by atoms with van der Waals surface area (Å²) < 4.78 is 2.64. The molecule has 0 bridgehead atoms. The van der Waals surface area contributed by atoms with Crippen molar-refractivity contribution in [2.45, 2.75) is 0 Å². The molecule has 1 N–H and O–H groups in total. The number of hydrogen-bond donors (Lipinski definition) is 1. The van der Waals surface area contributed by atoms with Gasteiger partial charge < -0.3 is 5.32 Å². The molecule has 0 saturated heterocycles. The molecule has 0 fully saturated rings. The molecule has 6 aromatic rings. The predicted molar refractivity (Wildman–Crippen MR) is 132 cm³/mol. The number of thiophene rings is 1. The number of benzene rings is 5. The van der Waals surface area contributed by atoms with Crippen LogP contribution < -0.4 is 5.32 Å². The minimum Gasteiger partial charge on any atom is -0.355 e. The molecule has 0 aliphatic carbocycles. The van der Waals surface area contributed by atoms with Crippen LogP contribution in [0.1, 0.15) is 0 Å². The van der Waals surface area contributed by atoms with Crippen LogP contribution in [0.4, 0.5) is 11.4 Å². The summed E-state index contributed by atoms with van der Waals surface area (Å²) in [7, 11) is 0. The van der Waals surface area contributed by atoms with Gasteiger partial charge in [-0.25, -0.2) is 0 Å². The largest absolute Gasteiger partial charge is 0.355 e. The van der Waals surface area contributed by atoms with Crippen LogP contribution in [-0.2, 0) is 0 Å². The molecule has 2 heteroatoms. The van der Waals surface area contributed by atoms with Crippen LogP contribution in [0, 0.1) is 0 Å². The molecule has 1 heterocycles. The second kappa shape index (κ2) is 7.01. The second-order valence-electron chi connectivity index (χ2n) is 7.54. The van der Waals surface area contributed by atoms with Crippen molar-refractivity contribution >= 4 is 53.7 Å². The van der Waals surface area contributed by atoms with E-state index < -0.39 is 0 Å². The molecule has 0 aliphatic rings. The number of hydrogen-bond acceptors (Lipinski definition) is 2. The van der Waals surface area contributed by atoms with E-state index in [0.29, 0.717) is 0 Å². The quantitative estimate of drug-likeness (QED) is 0.313. The second-order valence-corrected chi connectivity index (χ2v) is 8.63. The van der Waals surface area contributed by atoms with Crippen LogP contribution in [-0.4, -0.2) is 0 Å². The third-order valence-electron chi connectivity index (χ3n) is 5.63. The molecular formula is C28H19NS. The minimum absolute atomic E-state index is 1.10. The third kappa shape index (κ3) is 2.94. The minimum atomic E-state index is 1.10. The average molecular weight is 402 g/mol. The van der Waals surface area contributed by atoms with E-state index in [0.717, 1.165) is 11.4 Å². The summed E-state index contributed by atoms with van der Waals surface area (Å²) >= 11 is 1.85. The summed E-state index contributed by atoms with van der Waals surface area (Å²) in [5, 5.41) is 8.83. The van der Waals surface area contributed by atoms with Crippen LogP contribution in [0.15, 0.2) is 109 Å². The van der Waals surface area contributed by atoms with Crippen LogP contribution in [0.2, 0.25) is 0 Å². The van der Waals surface area contributed by atoms with Crippen LogP contribution in [0.25, 0.3) is 42.1 Å². The van der Waals surface area contributed by atoms with Crippen LogP contribution >= 0.6 is 11.3 Å². The molecule has 142 valence electrons. The van der Waals surface area contributed by atoms with Gasteiger partial charge in [0, 0.05) is 31.5 Å². The third-order valence-corrected chi connectivity index (χ3v) is 6.76.